The molecule has 9 heteroatoms. The van der Waals surface area contributed by atoms with Gasteiger partial charge in [0.05, 0.1) is 11.9 Å². The average Bonchev–Trinajstić information content (AvgIpc) is 2.94. The van der Waals surface area contributed by atoms with Gasteiger partial charge in [-0.15, -0.1) is 0 Å². The summed E-state index contributed by atoms with van der Waals surface area (Å²) in [5, 5.41) is 3.00. The minimum atomic E-state index is -3.82. The van der Waals surface area contributed by atoms with Crippen LogP contribution >= 0.6 is 15.9 Å². The molecule has 0 aliphatic heterocycles. The van der Waals surface area contributed by atoms with Gasteiger partial charge in [0.2, 0.25) is 21.8 Å². The van der Waals surface area contributed by atoms with E-state index in [0.717, 1.165) is 44.6 Å². The molecule has 0 aromatic heterocycles. The van der Waals surface area contributed by atoms with E-state index in [2.05, 4.69) is 21.2 Å². The number of carbonyl (C=O) groups excluding carboxylic acids is 2. The molecule has 220 valence electrons. The van der Waals surface area contributed by atoms with Crippen LogP contribution in [0.1, 0.15) is 56.2 Å². The first-order chi connectivity index (χ1) is 19.5. The number of benzene rings is 3. The van der Waals surface area contributed by atoms with Crippen molar-refractivity contribution in [3.63, 3.8) is 0 Å². The number of rotatable bonds is 14. The largest absolute Gasteiger partial charge is 0.354 e. The van der Waals surface area contributed by atoms with Crippen molar-refractivity contribution in [1.82, 2.24) is 10.2 Å². The van der Waals surface area contributed by atoms with Gasteiger partial charge in [0.25, 0.3) is 0 Å². The van der Waals surface area contributed by atoms with E-state index in [9.17, 15) is 18.0 Å². The van der Waals surface area contributed by atoms with Crippen LogP contribution in [0.3, 0.4) is 0 Å². The van der Waals surface area contributed by atoms with Crippen molar-refractivity contribution in [2.75, 3.05) is 23.7 Å². The Bertz CT molecular complexity index is 1400. The van der Waals surface area contributed by atoms with Gasteiger partial charge in [0.1, 0.15) is 12.6 Å². The molecule has 3 aromatic carbocycles. The van der Waals surface area contributed by atoms with Crippen molar-refractivity contribution in [2.45, 2.75) is 58.5 Å². The summed E-state index contributed by atoms with van der Waals surface area (Å²) < 4.78 is 28.3. The number of nitrogens with zero attached hydrogens (tertiary/aromatic N) is 2. The molecule has 1 unspecified atom stereocenters. The fourth-order valence-electron chi connectivity index (χ4n) is 4.64. The molecule has 3 rings (SSSR count). The first-order valence-electron chi connectivity index (χ1n) is 13.9. The summed E-state index contributed by atoms with van der Waals surface area (Å²) in [5.74, 6) is -0.677. The smallest absolute Gasteiger partial charge is 0.244 e. The van der Waals surface area contributed by atoms with Crippen molar-refractivity contribution in [1.29, 1.82) is 0 Å². The van der Waals surface area contributed by atoms with Crippen LogP contribution in [0.25, 0.3) is 0 Å². The third-order valence-electron chi connectivity index (χ3n) is 6.87. The van der Waals surface area contributed by atoms with Gasteiger partial charge < -0.3 is 10.2 Å². The molecule has 2 amide bonds. The first-order valence-corrected chi connectivity index (χ1v) is 16.6. The van der Waals surface area contributed by atoms with Gasteiger partial charge in [-0.05, 0) is 47.2 Å². The normalized spacial score (nSPS) is 12.1. The minimum absolute atomic E-state index is 0.0413. The standard InChI is InChI=1S/C32H40BrN3O4S/c1-5-6-20-34-32(38)30(21-25-12-8-7-9-13-25)35(22-26-16-18-27(33)19-17-26)31(37)23-36(41(4,39)40)29-15-11-10-14-28(29)24(2)3/h7-19,24,30H,5-6,20-23H2,1-4H3,(H,34,38). The molecule has 1 N–H and O–H groups in total. The predicted octanol–water partition coefficient (Wildman–Crippen LogP) is 5.89. The second kappa shape index (κ2) is 15.2. The minimum Gasteiger partial charge on any atom is -0.354 e. The number of anilines is 1. The number of para-hydroxylation sites is 1. The third-order valence-corrected chi connectivity index (χ3v) is 8.53. The second-order valence-corrected chi connectivity index (χ2v) is 13.3. The highest BCUT2D eigenvalue weighted by molar-refractivity contribution is 9.10. The molecule has 0 spiro atoms. The Labute approximate surface area is 253 Å². The number of carbonyl (C=O) groups is 2. The van der Waals surface area contributed by atoms with E-state index in [1.54, 1.807) is 12.1 Å². The average molecular weight is 643 g/mol. The highest BCUT2D eigenvalue weighted by atomic mass is 79.9. The van der Waals surface area contributed by atoms with Crippen molar-refractivity contribution in [3.05, 3.63) is 100 Å². The fraction of sp³-hybridized carbons (Fsp3) is 0.375. The molecule has 3 aromatic rings. The molecule has 0 bridgehead atoms. The topological polar surface area (TPSA) is 86.8 Å². The highest BCUT2D eigenvalue weighted by Crippen LogP contribution is 2.29. The number of nitrogens with one attached hydrogen (secondary N) is 1. The Balaban J connectivity index is 2.06. The van der Waals surface area contributed by atoms with E-state index >= 15 is 0 Å². The molecule has 0 saturated carbocycles. The van der Waals surface area contributed by atoms with Crippen molar-refractivity contribution in [2.24, 2.45) is 0 Å². The summed E-state index contributed by atoms with van der Waals surface area (Å²) in [5.41, 5.74) is 3.02. The van der Waals surface area contributed by atoms with Gasteiger partial charge in [-0.2, -0.15) is 0 Å². The quantitative estimate of drug-likeness (QED) is 0.222. The maximum Gasteiger partial charge on any atom is 0.244 e. The van der Waals surface area contributed by atoms with Crippen LogP contribution in [0.15, 0.2) is 83.3 Å². The van der Waals surface area contributed by atoms with Crippen LogP contribution < -0.4 is 9.62 Å². The molecular weight excluding hydrogens is 602 g/mol. The summed E-state index contributed by atoms with van der Waals surface area (Å²) in [6.45, 7) is 6.24. The van der Waals surface area contributed by atoms with Crippen molar-refractivity contribution < 1.29 is 18.0 Å². The summed E-state index contributed by atoms with van der Waals surface area (Å²) in [6, 6.07) is 23.5. The molecule has 41 heavy (non-hydrogen) atoms. The lowest BCUT2D eigenvalue weighted by Crippen LogP contribution is -2.53. The van der Waals surface area contributed by atoms with Crippen LogP contribution in [-0.2, 0) is 32.6 Å². The lowest BCUT2D eigenvalue weighted by atomic mass is 10.0. The van der Waals surface area contributed by atoms with E-state index in [1.165, 1.54) is 4.90 Å². The molecule has 0 aliphatic carbocycles. The van der Waals surface area contributed by atoms with Gasteiger partial charge >= 0.3 is 0 Å². The lowest BCUT2D eigenvalue weighted by Gasteiger charge is -2.34. The van der Waals surface area contributed by atoms with E-state index < -0.39 is 28.5 Å². The molecular formula is C32H40BrN3O4S. The van der Waals surface area contributed by atoms with Gasteiger partial charge in [-0.3, -0.25) is 13.9 Å². The number of amides is 2. The van der Waals surface area contributed by atoms with Crippen LogP contribution in [0.5, 0.6) is 0 Å². The molecule has 7 nitrogen and oxygen atoms in total. The zero-order valence-corrected chi connectivity index (χ0v) is 26.6. The van der Waals surface area contributed by atoms with Crippen LogP contribution in [0.4, 0.5) is 5.69 Å². The predicted molar refractivity (Wildman–Crippen MR) is 169 cm³/mol. The number of hydrogen-bond acceptors (Lipinski definition) is 4. The summed E-state index contributed by atoms with van der Waals surface area (Å²) in [7, 11) is -3.82. The lowest BCUT2D eigenvalue weighted by molar-refractivity contribution is -0.140. The maximum absolute atomic E-state index is 14.2. The number of hydrogen-bond donors (Lipinski definition) is 1. The SMILES string of the molecule is CCCCNC(=O)C(Cc1ccccc1)N(Cc1ccc(Br)cc1)C(=O)CN(c1ccccc1C(C)C)S(C)(=O)=O. The van der Waals surface area contributed by atoms with E-state index in [-0.39, 0.29) is 18.4 Å². The monoisotopic (exact) mass is 641 g/mol. The third kappa shape index (κ3) is 9.43. The highest BCUT2D eigenvalue weighted by Gasteiger charge is 2.33. The van der Waals surface area contributed by atoms with E-state index in [0.29, 0.717) is 18.7 Å². The van der Waals surface area contributed by atoms with Gasteiger partial charge in [-0.1, -0.05) is 104 Å². The molecule has 0 saturated heterocycles. The Kier molecular flexibility index (Phi) is 12.0. The fourth-order valence-corrected chi connectivity index (χ4v) is 5.78. The molecule has 1 atom stereocenters. The van der Waals surface area contributed by atoms with Crippen molar-refractivity contribution >= 4 is 43.5 Å². The molecule has 0 radical (unpaired) electrons. The Morgan fingerprint density at radius 2 is 1.54 bits per heavy atom. The summed E-state index contributed by atoms with van der Waals surface area (Å²) >= 11 is 3.45. The zero-order chi connectivity index (χ0) is 30.0. The van der Waals surface area contributed by atoms with Gasteiger partial charge in [0, 0.05) is 24.0 Å². The van der Waals surface area contributed by atoms with Crippen molar-refractivity contribution in [3.8, 4) is 0 Å². The molecule has 0 fully saturated rings. The van der Waals surface area contributed by atoms with Crippen LogP contribution in [0.2, 0.25) is 0 Å². The maximum atomic E-state index is 14.2. The Morgan fingerprint density at radius 3 is 2.15 bits per heavy atom. The van der Waals surface area contributed by atoms with E-state index in [1.807, 2.05) is 87.5 Å². The molecule has 0 aliphatic rings. The summed E-state index contributed by atoms with van der Waals surface area (Å²) in [4.78, 5) is 29.4. The zero-order valence-electron chi connectivity index (χ0n) is 24.2. The summed E-state index contributed by atoms with van der Waals surface area (Å²) in [6.07, 6.45) is 3.14. The van der Waals surface area contributed by atoms with Gasteiger partial charge in [-0.25, -0.2) is 8.42 Å². The Morgan fingerprint density at radius 1 is 0.902 bits per heavy atom. The number of sulfonamides is 1. The van der Waals surface area contributed by atoms with Crippen LogP contribution in [-0.4, -0.2) is 50.5 Å². The van der Waals surface area contributed by atoms with Crippen LogP contribution in [0, 0.1) is 0 Å². The van der Waals surface area contributed by atoms with Gasteiger partial charge in [0.15, 0.2) is 0 Å². The first kappa shape index (κ1) is 32.3. The molecule has 0 heterocycles. The number of unbranched alkanes of at least 4 members (excludes halogenated alkanes) is 1. The second-order valence-electron chi connectivity index (χ2n) is 10.5. The number of halogens is 1. The van der Waals surface area contributed by atoms with E-state index in [4.69, 9.17) is 0 Å². The Hall–Kier alpha value is -3.17.